The van der Waals surface area contributed by atoms with Gasteiger partial charge in [0.1, 0.15) is 0 Å². The van der Waals surface area contributed by atoms with Crippen molar-refractivity contribution in [1.82, 2.24) is 25.3 Å². The Hall–Kier alpha value is -0.630. The van der Waals surface area contributed by atoms with Gasteiger partial charge in [-0.3, -0.25) is 4.90 Å². The molecule has 1 aromatic rings. The largest absolute Gasteiger partial charge is 0.338 e. The Labute approximate surface area is 124 Å². The Balaban J connectivity index is 1.74. The number of rotatable bonds is 2. The van der Waals surface area contributed by atoms with Gasteiger partial charge in [-0.25, -0.2) is 0 Å². The normalized spacial score (nSPS) is 30.3. The van der Waals surface area contributed by atoms with Crippen LogP contribution in [-0.4, -0.2) is 71.7 Å². The van der Waals surface area contributed by atoms with Crippen molar-refractivity contribution in [3.63, 3.8) is 0 Å². The Morgan fingerprint density at radius 1 is 1.35 bits per heavy atom. The minimum Gasteiger partial charge on any atom is -0.338 e. The first-order valence-electron chi connectivity index (χ1n) is 7.27. The molecule has 2 unspecified atom stereocenters. The van der Waals surface area contributed by atoms with Crippen molar-refractivity contribution < 1.29 is 4.52 Å². The molecule has 0 saturated carbocycles. The quantitative estimate of drug-likeness (QED) is 0.864. The summed E-state index contributed by atoms with van der Waals surface area (Å²) in [5, 5.41) is 7.68. The maximum Gasteiger partial charge on any atom is 0.244 e. The van der Waals surface area contributed by atoms with E-state index in [0.29, 0.717) is 0 Å². The zero-order chi connectivity index (χ0) is 13.9. The van der Waals surface area contributed by atoms with Crippen LogP contribution in [0.1, 0.15) is 30.2 Å². The van der Waals surface area contributed by atoms with Gasteiger partial charge in [-0.05, 0) is 33.6 Å². The average molecular weight is 297 g/mol. The van der Waals surface area contributed by atoms with Crippen LogP contribution in [0.3, 0.4) is 0 Å². The summed E-state index contributed by atoms with van der Waals surface area (Å²) in [6, 6.07) is 0.444. The molecule has 0 spiro atoms. The van der Waals surface area contributed by atoms with E-state index < -0.39 is 0 Å². The molecule has 112 valence electrons. The number of nitrogens with zero attached hydrogens (tertiary/aromatic N) is 4. The first kappa shape index (κ1) is 14.3. The molecular formula is C13H23N5OS. The fraction of sp³-hybridized carbons (Fsp3) is 0.846. The van der Waals surface area contributed by atoms with Gasteiger partial charge in [0.05, 0.1) is 12.1 Å². The summed E-state index contributed by atoms with van der Waals surface area (Å²) in [4.78, 5) is 9.34. The van der Waals surface area contributed by atoms with Gasteiger partial charge in [-0.2, -0.15) is 16.7 Å². The Morgan fingerprint density at radius 3 is 3.05 bits per heavy atom. The van der Waals surface area contributed by atoms with Crippen molar-refractivity contribution in [2.75, 3.05) is 51.8 Å². The molecule has 1 aromatic heterocycles. The molecule has 3 rings (SSSR count). The lowest BCUT2D eigenvalue weighted by atomic mass is 10.2. The highest BCUT2D eigenvalue weighted by molar-refractivity contribution is 7.99. The third kappa shape index (κ3) is 3.16. The summed E-state index contributed by atoms with van der Waals surface area (Å²) in [7, 11) is 4.31. The molecule has 1 N–H and O–H groups in total. The van der Waals surface area contributed by atoms with Crippen molar-refractivity contribution in [3.8, 4) is 0 Å². The van der Waals surface area contributed by atoms with Gasteiger partial charge < -0.3 is 14.7 Å². The highest BCUT2D eigenvalue weighted by atomic mass is 32.2. The Bertz CT molecular complexity index is 434. The van der Waals surface area contributed by atoms with Gasteiger partial charge in [0.15, 0.2) is 5.82 Å². The molecule has 7 heteroatoms. The zero-order valence-electron chi connectivity index (χ0n) is 12.2. The molecular weight excluding hydrogens is 274 g/mol. The molecule has 2 aliphatic heterocycles. The van der Waals surface area contributed by atoms with Crippen LogP contribution in [0.25, 0.3) is 0 Å². The van der Waals surface area contributed by atoms with E-state index in [2.05, 4.69) is 39.4 Å². The minimum absolute atomic E-state index is 0.212. The number of thioether (sulfide) groups is 1. The van der Waals surface area contributed by atoms with Crippen LogP contribution in [0.15, 0.2) is 4.52 Å². The van der Waals surface area contributed by atoms with Crippen molar-refractivity contribution in [2.24, 2.45) is 0 Å². The maximum atomic E-state index is 5.50. The van der Waals surface area contributed by atoms with E-state index in [0.717, 1.165) is 49.4 Å². The zero-order valence-corrected chi connectivity index (χ0v) is 13.0. The Morgan fingerprint density at radius 2 is 2.25 bits per heavy atom. The molecule has 0 aromatic carbocycles. The molecule has 0 radical (unpaired) electrons. The lowest BCUT2D eigenvalue weighted by Gasteiger charge is -2.24. The summed E-state index contributed by atoms with van der Waals surface area (Å²) in [6.07, 6.45) is 1.19. The topological polar surface area (TPSA) is 57.4 Å². The van der Waals surface area contributed by atoms with Crippen molar-refractivity contribution in [1.29, 1.82) is 0 Å². The van der Waals surface area contributed by atoms with Gasteiger partial charge in [-0.1, -0.05) is 5.16 Å². The summed E-state index contributed by atoms with van der Waals surface area (Å²) in [5.74, 6) is 3.75. The van der Waals surface area contributed by atoms with E-state index in [4.69, 9.17) is 4.52 Å². The van der Waals surface area contributed by atoms with Gasteiger partial charge in [0.2, 0.25) is 5.89 Å². The summed E-state index contributed by atoms with van der Waals surface area (Å²) in [5.41, 5.74) is 0. The molecule has 2 aliphatic rings. The number of hydrogen-bond acceptors (Lipinski definition) is 7. The molecule has 2 atom stereocenters. The van der Waals surface area contributed by atoms with E-state index >= 15 is 0 Å². The molecule has 3 heterocycles. The third-order valence-electron chi connectivity index (χ3n) is 4.04. The third-order valence-corrected chi connectivity index (χ3v) is 5.10. The summed E-state index contributed by atoms with van der Waals surface area (Å²) >= 11 is 1.94. The smallest absolute Gasteiger partial charge is 0.244 e. The van der Waals surface area contributed by atoms with Crippen molar-refractivity contribution >= 4 is 11.8 Å². The van der Waals surface area contributed by atoms with E-state index in [1.165, 1.54) is 6.42 Å². The van der Waals surface area contributed by atoms with Crippen molar-refractivity contribution in [2.45, 2.75) is 18.5 Å². The predicted octanol–water partition coefficient (Wildman–Crippen LogP) is 0.755. The lowest BCUT2D eigenvalue weighted by molar-refractivity contribution is 0.214. The second kappa shape index (κ2) is 6.43. The summed E-state index contributed by atoms with van der Waals surface area (Å²) < 4.78 is 5.50. The predicted molar refractivity (Wildman–Crippen MR) is 79.9 cm³/mol. The molecule has 20 heavy (non-hydrogen) atoms. The van der Waals surface area contributed by atoms with E-state index in [-0.39, 0.29) is 12.1 Å². The van der Waals surface area contributed by atoms with Crippen LogP contribution in [0, 0.1) is 0 Å². The fourth-order valence-electron chi connectivity index (χ4n) is 2.80. The van der Waals surface area contributed by atoms with Crippen LogP contribution in [0.4, 0.5) is 0 Å². The number of aromatic nitrogens is 2. The summed E-state index contributed by atoms with van der Waals surface area (Å²) in [6.45, 7) is 4.18. The van der Waals surface area contributed by atoms with Crippen LogP contribution in [-0.2, 0) is 0 Å². The van der Waals surface area contributed by atoms with Crippen LogP contribution in [0.5, 0.6) is 0 Å². The van der Waals surface area contributed by atoms with Gasteiger partial charge >= 0.3 is 0 Å². The lowest BCUT2D eigenvalue weighted by Crippen LogP contribution is -2.32. The SMILES string of the molecule is CN1CCCN(C)C(c2noc(C3CSCCN3)n2)C1. The maximum absolute atomic E-state index is 5.50. The number of nitrogens with one attached hydrogen (secondary N) is 1. The highest BCUT2D eigenvalue weighted by Crippen LogP contribution is 2.24. The van der Waals surface area contributed by atoms with Crippen molar-refractivity contribution in [3.05, 3.63) is 11.7 Å². The second-order valence-corrected chi connectivity index (χ2v) is 6.83. The molecule has 2 saturated heterocycles. The monoisotopic (exact) mass is 297 g/mol. The Kier molecular flexibility index (Phi) is 4.60. The first-order chi connectivity index (χ1) is 9.74. The fourth-order valence-corrected chi connectivity index (χ4v) is 3.72. The molecule has 0 bridgehead atoms. The van der Waals surface area contributed by atoms with Gasteiger partial charge in [-0.15, -0.1) is 0 Å². The molecule has 6 nitrogen and oxygen atoms in total. The average Bonchev–Trinajstić information content (AvgIpc) is 2.88. The highest BCUT2D eigenvalue weighted by Gasteiger charge is 2.28. The molecule has 0 aliphatic carbocycles. The van der Waals surface area contributed by atoms with E-state index in [1.54, 1.807) is 0 Å². The minimum atomic E-state index is 0.212. The van der Waals surface area contributed by atoms with Crippen LogP contribution >= 0.6 is 11.8 Å². The van der Waals surface area contributed by atoms with Gasteiger partial charge in [0.25, 0.3) is 0 Å². The second-order valence-electron chi connectivity index (χ2n) is 5.68. The number of hydrogen-bond donors (Lipinski definition) is 1. The van der Waals surface area contributed by atoms with E-state index in [9.17, 15) is 0 Å². The van der Waals surface area contributed by atoms with Gasteiger partial charge in [0, 0.05) is 24.6 Å². The van der Waals surface area contributed by atoms with E-state index in [1.807, 2.05) is 11.8 Å². The van der Waals surface area contributed by atoms with Crippen LogP contribution in [0.2, 0.25) is 0 Å². The number of likely N-dealkylation sites (N-methyl/N-ethyl adjacent to an activating group) is 2. The molecule has 0 amide bonds. The van der Waals surface area contributed by atoms with Crippen LogP contribution < -0.4 is 5.32 Å². The first-order valence-corrected chi connectivity index (χ1v) is 8.43. The molecule has 2 fully saturated rings. The standard InChI is InChI=1S/C13H23N5OS/c1-17-5-3-6-18(2)11(8-17)12-15-13(19-16-12)10-9-20-7-4-14-10/h10-11,14H,3-9H2,1-2H3.